The Morgan fingerprint density at radius 1 is 1.16 bits per heavy atom. The number of hydrogen-bond acceptors (Lipinski definition) is 3. The van der Waals surface area contributed by atoms with Crippen molar-refractivity contribution >= 4 is 5.96 Å². The van der Waals surface area contributed by atoms with Gasteiger partial charge in [-0.15, -0.1) is 0 Å². The van der Waals surface area contributed by atoms with Gasteiger partial charge in [-0.2, -0.15) is 0 Å². The largest absolute Gasteiger partial charge is 0.379 e. The quantitative estimate of drug-likeness (QED) is 0.653. The summed E-state index contributed by atoms with van der Waals surface area (Å²) in [5.41, 5.74) is 2.78. The van der Waals surface area contributed by atoms with Crippen molar-refractivity contribution in [3.05, 3.63) is 35.4 Å². The Kier molecular flexibility index (Phi) is 6.70. The SMILES string of the molecule is CCc1ccc(CCNC(=NC)N2CCC(N3CCOCC3)C2)cc1. The molecule has 2 fully saturated rings. The average Bonchev–Trinajstić information content (AvgIpc) is 3.16. The second kappa shape index (κ2) is 9.20. The Balaban J connectivity index is 1.44. The normalized spacial score (nSPS) is 22.4. The van der Waals surface area contributed by atoms with E-state index in [0.717, 1.165) is 64.7 Å². The Morgan fingerprint density at radius 3 is 2.56 bits per heavy atom. The first kappa shape index (κ1) is 18.2. The van der Waals surface area contributed by atoms with Gasteiger partial charge in [0.1, 0.15) is 0 Å². The fourth-order valence-corrected chi connectivity index (χ4v) is 3.77. The van der Waals surface area contributed by atoms with Crippen LogP contribution in [0, 0.1) is 0 Å². The highest BCUT2D eigenvalue weighted by Crippen LogP contribution is 2.17. The molecule has 25 heavy (non-hydrogen) atoms. The molecule has 1 aromatic carbocycles. The second-order valence-electron chi connectivity index (χ2n) is 6.93. The van der Waals surface area contributed by atoms with Crippen molar-refractivity contribution in [3.8, 4) is 0 Å². The van der Waals surface area contributed by atoms with Crippen LogP contribution in [0.3, 0.4) is 0 Å². The van der Waals surface area contributed by atoms with Gasteiger partial charge in [0.25, 0.3) is 0 Å². The van der Waals surface area contributed by atoms with Crippen LogP contribution in [0.1, 0.15) is 24.5 Å². The molecule has 0 amide bonds. The second-order valence-corrected chi connectivity index (χ2v) is 6.93. The molecule has 0 saturated carbocycles. The predicted molar refractivity (Wildman–Crippen MR) is 103 cm³/mol. The van der Waals surface area contributed by atoms with Gasteiger partial charge in [0.05, 0.1) is 13.2 Å². The van der Waals surface area contributed by atoms with Gasteiger partial charge in [-0.1, -0.05) is 31.2 Å². The van der Waals surface area contributed by atoms with Gasteiger partial charge < -0.3 is 15.0 Å². The van der Waals surface area contributed by atoms with Gasteiger partial charge in [-0.25, -0.2) is 0 Å². The van der Waals surface area contributed by atoms with Crippen LogP contribution in [-0.2, 0) is 17.6 Å². The maximum Gasteiger partial charge on any atom is 0.193 e. The van der Waals surface area contributed by atoms with E-state index in [9.17, 15) is 0 Å². The maximum absolute atomic E-state index is 5.47. The topological polar surface area (TPSA) is 40.1 Å². The molecule has 1 N–H and O–H groups in total. The number of benzene rings is 1. The third-order valence-corrected chi connectivity index (χ3v) is 5.36. The molecule has 2 aliphatic heterocycles. The summed E-state index contributed by atoms with van der Waals surface area (Å²) in [5, 5.41) is 3.54. The van der Waals surface area contributed by atoms with Gasteiger partial charge in [0.15, 0.2) is 5.96 Å². The molecule has 1 atom stereocenters. The zero-order valence-corrected chi connectivity index (χ0v) is 15.7. The standard InChI is InChI=1S/C20H32N4O/c1-3-17-4-6-18(7-5-17)8-10-22-20(21-2)24-11-9-19(16-24)23-12-14-25-15-13-23/h4-7,19H,3,8-16H2,1-2H3,(H,21,22). The molecule has 2 heterocycles. The van der Waals surface area contributed by atoms with Crippen LogP contribution < -0.4 is 5.32 Å². The Hall–Kier alpha value is -1.59. The van der Waals surface area contributed by atoms with Crippen LogP contribution >= 0.6 is 0 Å². The van der Waals surface area contributed by atoms with E-state index in [1.165, 1.54) is 17.5 Å². The van der Waals surface area contributed by atoms with Crippen LogP contribution in [0.2, 0.25) is 0 Å². The molecule has 2 aliphatic rings. The fourth-order valence-electron chi connectivity index (χ4n) is 3.77. The minimum Gasteiger partial charge on any atom is -0.379 e. The molecule has 0 radical (unpaired) electrons. The van der Waals surface area contributed by atoms with E-state index in [1.807, 2.05) is 7.05 Å². The van der Waals surface area contributed by atoms with E-state index < -0.39 is 0 Å². The Morgan fingerprint density at radius 2 is 1.88 bits per heavy atom. The molecule has 1 unspecified atom stereocenters. The van der Waals surface area contributed by atoms with Crippen LogP contribution in [0.25, 0.3) is 0 Å². The van der Waals surface area contributed by atoms with Crippen molar-refractivity contribution in [2.75, 3.05) is 53.0 Å². The van der Waals surface area contributed by atoms with Crippen molar-refractivity contribution in [1.82, 2.24) is 15.1 Å². The minimum absolute atomic E-state index is 0.643. The minimum atomic E-state index is 0.643. The van der Waals surface area contributed by atoms with Crippen LogP contribution in [0.15, 0.2) is 29.3 Å². The summed E-state index contributed by atoms with van der Waals surface area (Å²) in [5.74, 6) is 1.04. The monoisotopic (exact) mass is 344 g/mol. The molecular formula is C20H32N4O. The summed E-state index contributed by atoms with van der Waals surface area (Å²) >= 11 is 0. The fraction of sp³-hybridized carbons (Fsp3) is 0.650. The van der Waals surface area contributed by atoms with E-state index >= 15 is 0 Å². The van der Waals surface area contributed by atoms with Gasteiger partial charge in [0.2, 0.25) is 0 Å². The molecule has 0 spiro atoms. The molecule has 5 heteroatoms. The number of ether oxygens (including phenoxy) is 1. The van der Waals surface area contributed by atoms with Crippen LogP contribution in [0.4, 0.5) is 0 Å². The number of rotatable bonds is 5. The third kappa shape index (κ3) is 4.95. The number of nitrogens with one attached hydrogen (secondary N) is 1. The van der Waals surface area contributed by atoms with Crippen molar-refractivity contribution in [2.24, 2.45) is 4.99 Å². The molecule has 138 valence electrons. The summed E-state index contributed by atoms with van der Waals surface area (Å²) in [4.78, 5) is 9.47. The lowest BCUT2D eigenvalue weighted by Gasteiger charge is -2.32. The zero-order chi connectivity index (χ0) is 17.5. The molecule has 3 rings (SSSR count). The summed E-state index contributed by atoms with van der Waals surface area (Å²) < 4.78 is 5.47. The number of likely N-dealkylation sites (tertiary alicyclic amines) is 1. The number of aliphatic imine (C=N–C) groups is 1. The Bertz CT molecular complexity index is 551. The Labute approximate surface area is 152 Å². The van der Waals surface area contributed by atoms with Crippen molar-refractivity contribution in [2.45, 2.75) is 32.2 Å². The number of guanidine groups is 1. The number of hydrogen-bond donors (Lipinski definition) is 1. The smallest absolute Gasteiger partial charge is 0.193 e. The van der Waals surface area contributed by atoms with E-state index in [-0.39, 0.29) is 0 Å². The van der Waals surface area contributed by atoms with Crippen LogP contribution in [-0.4, -0.2) is 74.8 Å². The third-order valence-electron chi connectivity index (χ3n) is 5.36. The first-order valence-electron chi connectivity index (χ1n) is 9.65. The highest BCUT2D eigenvalue weighted by atomic mass is 16.5. The summed E-state index contributed by atoms with van der Waals surface area (Å²) in [7, 11) is 1.89. The molecule has 0 aliphatic carbocycles. The predicted octanol–water partition coefficient (Wildman–Crippen LogP) is 1.77. The molecule has 2 saturated heterocycles. The van der Waals surface area contributed by atoms with Gasteiger partial charge >= 0.3 is 0 Å². The van der Waals surface area contributed by atoms with E-state index in [1.54, 1.807) is 0 Å². The van der Waals surface area contributed by atoms with Crippen LogP contribution in [0.5, 0.6) is 0 Å². The highest BCUT2D eigenvalue weighted by Gasteiger charge is 2.30. The van der Waals surface area contributed by atoms with Gasteiger partial charge in [-0.3, -0.25) is 9.89 Å². The zero-order valence-electron chi connectivity index (χ0n) is 15.7. The van der Waals surface area contributed by atoms with E-state index in [2.05, 4.69) is 51.3 Å². The molecule has 0 aromatic heterocycles. The number of aryl methyl sites for hydroxylation is 1. The highest BCUT2D eigenvalue weighted by molar-refractivity contribution is 5.80. The average molecular weight is 345 g/mol. The first-order valence-corrected chi connectivity index (χ1v) is 9.65. The van der Waals surface area contributed by atoms with Crippen molar-refractivity contribution < 1.29 is 4.74 Å². The van der Waals surface area contributed by atoms with Gasteiger partial charge in [-0.05, 0) is 30.4 Å². The van der Waals surface area contributed by atoms with Gasteiger partial charge in [0, 0.05) is 45.8 Å². The first-order chi connectivity index (χ1) is 12.3. The maximum atomic E-state index is 5.47. The summed E-state index contributed by atoms with van der Waals surface area (Å²) in [6.45, 7) is 9.17. The van der Waals surface area contributed by atoms with Crippen molar-refractivity contribution in [3.63, 3.8) is 0 Å². The summed E-state index contributed by atoms with van der Waals surface area (Å²) in [6, 6.07) is 9.60. The van der Waals surface area contributed by atoms with Crippen molar-refractivity contribution in [1.29, 1.82) is 0 Å². The molecule has 1 aromatic rings. The number of morpholine rings is 1. The summed E-state index contributed by atoms with van der Waals surface area (Å²) in [6.07, 6.45) is 3.35. The molecule has 0 bridgehead atoms. The molecular weight excluding hydrogens is 312 g/mol. The lowest BCUT2D eigenvalue weighted by atomic mass is 10.1. The van der Waals surface area contributed by atoms with E-state index in [0.29, 0.717) is 6.04 Å². The number of nitrogens with zero attached hydrogens (tertiary/aromatic N) is 3. The van der Waals surface area contributed by atoms with E-state index in [4.69, 9.17) is 4.74 Å². The lowest BCUT2D eigenvalue weighted by molar-refractivity contribution is 0.0195. The lowest BCUT2D eigenvalue weighted by Crippen LogP contribution is -2.46. The molecule has 5 nitrogen and oxygen atoms in total.